The first-order valence-corrected chi connectivity index (χ1v) is 11.7. The molecule has 8 heteroatoms. The second kappa shape index (κ2) is 10.9. The van der Waals surface area contributed by atoms with E-state index in [2.05, 4.69) is 0 Å². The molecular formula is C26H30FNO6. The Morgan fingerprint density at radius 1 is 1.09 bits per heavy atom. The minimum Gasteiger partial charge on any atom is -0.493 e. The van der Waals surface area contributed by atoms with Gasteiger partial charge in [0.05, 0.1) is 26.7 Å². The van der Waals surface area contributed by atoms with Gasteiger partial charge >= 0.3 is 12.1 Å². The first-order chi connectivity index (χ1) is 16.5. The molecule has 0 saturated heterocycles. The molecule has 0 spiro atoms. The van der Waals surface area contributed by atoms with Gasteiger partial charge in [0, 0.05) is 12.1 Å². The van der Waals surface area contributed by atoms with Crippen LogP contribution >= 0.6 is 0 Å². The van der Waals surface area contributed by atoms with Gasteiger partial charge in [-0.25, -0.2) is 9.18 Å². The third-order valence-electron chi connectivity index (χ3n) is 6.30. The molecule has 1 saturated carbocycles. The number of rotatable bonds is 7. The van der Waals surface area contributed by atoms with Gasteiger partial charge in [0.15, 0.2) is 0 Å². The van der Waals surface area contributed by atoms with Crippen molar-refractivity contribution in [1.29, 1.82) is 0 Å². The molecule has 0 radical (unpaired) electrons. The second-order valence-electron chi connectivity index (χ2n) is 8.55. The average molecular weight is 472 g/mol. The number of hydrogen-bond acceptors (Lipinski definition) is 7. The molecule has 1 fully saturated rings. The maximum atomic E-state index is 14.7. The molecule has 0 aromatic heterocycles. The number of methoxy groups -OCH3 is 1. The smallest absolute Gasteiger partial charge is 0.493 e. The fraction of sp³-hybridized carbons (Fsp3) is 0.462. The molecule has 1 aliphatic carbocycles. The number of benzene rings is 2. The van der Waals surface area contributed by atoms with Crippen LogP contribution < -0.4 is 4.74 Å². The minimum absolute atomic E-state index is 0.0936. The molecule has 2 aromatic rings. The predicted octanol–water partition coefficient (Wildman–Crippen LogP) is 4.98. The van der Waals surface area contributed by atoms with Crippen molar-refractivity contribution in [3.05, 3.63) is 52.8 Å². The van der Waals surface area contributed by atoms with Gasteiger partial charge in [0.2, 0.25) is 0 Å². The molecule has 182 valence electrons. The van der Waals surface area contributed by atoms with E-state index < -0.39 is 6.16 Å². The van der Waals surface area contributed by atoms with Crippen molar-refractivity contribution in [2.45, 2.75) is 58.1 Å². The molecule has 1 aliphatic heterocycles. The molecule has 0 N–H and O–H groups in total. The molecule has 0 unspecified atom stereocenters. The summed E-state index contributed by atoms with van der Waals surface area (Å²) in [7, 11) is 1.35. The Labute approximate surface area is 198 Å². The Morgan fingerprint density at radius 3 is 2.62 bits per heavy atom. The molecule has 0 bridgehead atoms. The number of halogens is 1. The summed E-state index contributed by atoms with van der Waals surface area (Å²) in [4.78, 5) is 29.6. The van der Waals surface area contributed by atoms with E-state index in [9.17, 15) is 14.0 Å². The first-order valence-electron chi connectivity index (χ1n) is 11.7. The lowest BCUT2D eigenvalue weighted by molar-refractivity contribution is -0.143. The Kier molecular flexibility index (Phi) is 7.67. The summed E-state index contributed by atoms with van der Waals surface area (Å²) >= 11 is 0. The number of carbonyl (C=O) groups excluding carboxylic acids is 2. The van der Waals surface area contributed by atoms with Gasteiger partial charge in [-0.05, 0) is 79.5 Å². The number of esters is 1. The quantitative estimate of drug-likeness (QED) is 0.528. The van der Waals surface area contributed by atoms with Gasteiger partial charge in [0.1, 0.15) is 17.7 Å². The van der Waals surface area contributed by atoms with Crippen molar-refractivity contribution in [2.24, 2.45) is 0 Å². The van der Waals surface area contributed by atoms with E-state index in [1.807, 2.05) is 25.1 Å². The van der Waals surface area contributed by atoms with Gasteiger partial charge < -0.3 is 19.0 Å². The molecule has 4 rings (SSSR count). The van der Waals surface area contributed by atoms with E-state index in [1.54, 1.807) is 6.07 Å². The average Bonchev–Trinajstić information content (AvgIpc) is 3.33. The predicted molar refractivity (Wildman–Crippen MR) is 123 cm³/mol. The Bertz CT molecular complexity index is 1050. The lowest BCUT2D eigenvalue weighted by atomic mass is 9.90. The van der Waals surface area contributed by atoms with E-state index in [1.165, 1.54) is 18.2 Å². The second-order valence-corrected chi connectivity index (χ2v) is 8.55. The monoisotopic (exact) mass is 471 g/mol. The van der Waals surface area contributed by atoms with Crippen LogP contribution in [0, 0.1) is 5.82 Å². The molecule has 2 aromatic carbocycles. The van der Waals surface area contributed by atoms with Crippen molar-refractivity contribution in [2.75, 3.05) is 20.3 Å². The third-order valence-corrected chi connectivity index (χ3v) is 6.30. The zero-order valence-electron chi connectivity index (χ0n) is 19.6. The molecule has 1 heterocycles. The zero-order chi connectivity index (χ0) is 24.1. The molecule has 34 heavy (non-hydrogen) atoms. The Hall–Kier alpha value is -3.13. The normalized spacial score (nSPS) is 16.1. The molecule has 0 amide bonds. The van der Waals surface area contributed by atoms with Crippen LogP contribution in [0.25, 0.3) is 11.1 Å². The maximum Gasteiger partial charge on any atom is 0.528 e. The van der Waals surface area contributed by atoms with Crippen LogP contribution in [0.2, 0.25) is 0 Å². The highest BCUT2D eigenvalue weighted by molar-refractivity contribution is 5.78. The first kappa shape index (κ1) is 24.0. The van der Waals surface area contributed by atoms with E-state index in [4.69, 9.17) is 19.0 Å². The zero-order valence-corrected chi connectivity index (χ0v) is 19.6. The van der Waals surface area contributed by atoms with E-state index >= 15 is 0 Å². The number of fused-ring (bicyclic) bond motifs is 1. The standard InChI is InChI=1S/C26H30FNO6/c1-3-32-24-11-8-17(15-25(29)31-2)14-21(24)19-9-10-23(27)20-12-13-28(16-22(19)20)34-26(30)33-18-6-4-5-7-18/h8-11,14,18H,3-7,12-13,15-16H2,1-2H3. The number of hydrogen-bond donors (Lipinski definition) is 0. The summed E-state index contributed by atoms with van der Waals surface area (Å²) in [6, 6.07) is 8.64. The van der Waals surface area contributed by atoms with Crippen molar-refractivity contribution in [3.8, 4) is 16.9 Å². The maximum absolute atomic E-state index is 14.7. The van der Waals surface area contributed by atoms with Crippen LogP contribution in [0.1, 0.15) is 49.3 Å². The van der Waals surface area contributed by atoms with E-state index in [0.29, 0.717) is 30.9 Å². The third kappa shape index (κ3) is 5.50. The SMILES string of the molecule is CCOc1ccc(CC(=O)OC)cc1-c1ccc(F)c2c1CN(OC(=O)OC1CCCC1)CC2. The largest absolute Gasteiger partial charge is 0.528 e. The summed E-state index contributed by atoms with van der Waals surface area (Å²) in [6.07, 6.45) is 3.50. The van der Waals surface area contributed by atoms with Crippen LogP contribution in [0.5, 0.6) is 5.75 Å². The Morgan fingerprint density at radius 2 is 1.88 bits per heavy atom. The fourth-order valence-corrected chi connectivity index (χ4v) is 4.62. The van der Waals surface area contributed by atoms with Crippen molar-refractivity contribution in [1.82, 2.24) is 5.06 Å². The summed E-state index contributed by atoms with van der Waals surface area (Å²) in [6.45, 7) is 2.93. The summed E-state index contributed by atoms with van der Waals surface area (Å²) in [5.74, 6) is -0.0178. The Balaban J connectivity index is 1.62. The summed E-state index contributed by atoms with van der Waals surface area (Å²) in [5, 5.41) is 1.52. The lowest BCUT2D eigenvalue weighted by Crippen LogP contribution is -2.34. The summed E-state index contributed by atoms with van der Waals surface area (Å²) in [5.41, 5.74) is 3.57. The number of ether oxygens (including phenoxy) is 3. The van der Waals surface area contributed by atoms with Crippen LogP contribution in [-0.2, 0) is 38.5 Å². The van der Waals surface area contributed by atoms with Crippen molar-refractivity contribution >= 4 is 12.1 Å². The van der Waals surface area contributed by atoms with Gasteiger partial charge in [-0.15, -0.1) is 5.06 Å². The van der Waals surface area contributed by atoms with E-state index in [0.717, 1.165) is 47.9 Å². The van der Waals surface area contributed by atoms with Gasteiger partial charge in [-0.3, -0.25) is 4.79 Å². The van der Waals surface area contributed by atoms with Crippen molar-refractivity contribution < 1.29 is 33.0 Å². The fourth-order valence-electron chi connectivity index (χ4n) is 4.62. The highest BCUT2D eigenvalue weighted by Gasteiger charge is 2.28. The molecule has 2 aliphatic rings. The van der Waals surface area contributed by atoms with Crippen LogP contribution in [0.4, 0.5) is 9.18 Å². The van der Waals surface area contributed by atoms with Crippen LogP contribution in [0.15, 0.2) is 30.3 Å². The van der Waals surface area contributed by atoms with Gasteiger partial charge in [0.25, 0.3) is 0 Å². The highest BCUT2D eigenvalue weighted by Crippen LogP contribution is 2.38. The number of nitrogens with zero attached hydrogens (tertiary/aromatic N) is 1. The minimum atomic E-state index is -0.719. The molecule has 7 nitrogen and oxygen atoms in total. The van der Waals surface area contributed by atoms with Crippen molar-refractivity contribution in [3.63, 3.8) is 0 Å². The summed E-state index contributed by atoms with van der Waals surface area (Å²) < 4.78 is 30.8. The van der Waals surface area contributed by atoms with Gasteiger partial charge in [-0.1, -0.05) is 12.1 Å². The number of carbonyl (C=O) groups is 2. The lowest BCUT2D eigenvalue weighted by Gasteiger charge is -2.29. The van der Waals surface area contributed by atoms with Gasteiger partial charge in [-0.2, -0.15) is 0 Å². The molecule has 0 atom stereocenters. The topological polar surface area (TPSA) is 74.3 Å². The number of hydroxylamine groups is 2. The van der Waals surface area contributed by atoms with Crippen LogP contribution in [0.3, 0.4) is 0 Å². The highest BCUT2D eigenvalue weighted by atomic mass is 19.1. The molecular weight excluding hydrogens is 441 g/mol. The van der Waals surface area contributed by atoms with E-state index in [-0.39, 0.29) is 30.9 Å². The van der Waals surface area contributed by atoms with Crippen LogP contribution in [-0.4, -0.2) is 43.6 Å².